The minimum Gasteiger partial charge on any atom is -0.310 e. The molecule has 0 saturated carbocycles. The number of rotatable bonds is 1. The van der Waals surface area contributed by atoms with Crippen molar-refractivity contribution in [1.82, 2.24) is 9.13 Å². The molecule has 2 aromatic heterocycles. The van der Waals surface area contributed by atoms with Crippen LogP contribution in [-0.2, 0) is 0 Å². The van der Waals surface area contributed by atoms with Gasteiger partial charge in [0.05, 0.1) is 22.1 Å². The van der Waals surface area contributed by atoms with Crippen molar-refractivity contribution in [2.45, 2.75) is 0 Å². The molecule has 61 heavy (non-hydrogen) atoms. The molecule has 2 aliphatic heterocycles. The summed E-state index contributed by atoms with van der Waals surface area (Å²) in [6.07, 6.45) is 0. The number of benzene rings is 11. The highest BCUT2D eigenvalue weighted by atomic mass is 15.0. The normalized spacial score (nSPS) is 13.2. The van der Waals surface area contributed by atoms with E-state index in [-0.39, 0.29) is 6.71 Å². The molecule has 3 aliphatic rings. The Labute approximate surface area is 350 Å². The summed E-state index contributed by atoms with van der Waals surface area (Å²) in [5.41, 5.74) is 19.6. The molecule has 0 saturated heterocycles. The Hall–Kier alpha value is -7.88. The predicted molar refractivity (Wildman–Crippen MR) is 260 cm³/mol. The summed E-state index contributed by atoms with van der Waals surface area (Å²) in [4.78, 5) is 0. The lowest BCUT2D eigenvalue weighted by atomic mass is 9.34. The van der Waals surface area contributed by atoms with E-state index in [0.29, 0.717) is 0 Å². The standard InChI is InChI=1S/C58H31BN2/c1-2-12-35-28-36(21-20-32(35)10-1)38-30-49-56-50(31-38)61-48-27-23-34-14-9-19-43-41-17-7-8-18-42(41)44-24-25-45(57(61)54(44)55(48)51(34)43)59(56)46-29-37-13-4-6-16-40(37)53-52-39-15-5-3-11-33(39)22-26-47(52)60(49)58(46)53/h1-31H. The monoisotopic (exact) mass is 766 g/mol. The summed E-state index contributed by atoms with van der Waals surface area (Å²) in [5, 5.41) is 15.7. The van der Waals surface area contributed by atoms with Crippen LogP contribution >= 0.6 is 0 Å². The minimum absolute atomic E-state index is 0.0286. The van der Waals surface area contributed by atoms with Gasteiger partial charge in [-0.05, 0) is 123 Å². The Kier molecular flexibility index (Phi) is 5.43. The number of fused-ring (bicyclic) bond motifs is 16. The third-order valence-corrected chi connectivity index (χ3v) is 14.7. The highest BCUT2D eigenvalue weighted by Crippen LogP contribution is 2.51. The van der Waals surface area contributed by atoms with E-state index in [1.807, 2.05) is 0 Å². The zero-order valence-electron chi connectivity index (χ0n) is 32.9. The third kappa shape index (κ3) is 3.62. The van der Waals surface area contributed by atoms with E-state index in [0.717, 1.165) is 0 Å². The summed E-state index contributed by atoms with van der Waals surface area (Å²) >= 11 is 0. The number of aromatic nitrogens is 2. The van der Waals surface area contributed by atoms with Gasteiger partial charge in [0.2, 0.25) is 0 Å². The molecular weight excluding hydrogens is 735 g/mol. The number of hydrogen-bond donors (Lipinski definition) is 0. The predicted octanol–water partition coefficient (Wildman–Crippen LogP) is 13.0. The van der Waals surface area contributed by atoms with Gasteiger partial charge in [-0.1, -0.05) is 158 Å². The van der Waals surface area contributed by atoms with Gasteiger partial charge in [-0.25, -0.2) is 0 Å². The molecule has 0 atom stereocenters. The van der Waals surface area contributed by atoms with Crippen molar-refractivity contribution >= 4 is 110 Å². The molecule has 11 aromatic carbocycles. The molecule has 1 aliphatic carbocycles. The van der Waals surface area contributed by atoms with Gasteiger partial charge in [0.1, 0.15) is 0 Å². The summed E-state index contributed by atoms with van der Waals surface area (Å²) < 4.78 is 5.31. The average Bonchev–Trinajstić information content (AvgIpc) is 3.83. The van der Waals surface area contributed by atoms with Gasteiger partial charge in [-0.15, -0.1) is 0 Å². The van der Waals surface area contributed by atoms with Crippen LogP contribution in [0.4, 0.5) is 0 Å². The Morgan fingerprint density at radius 2 is 0.902 bits per heavy atom. The first-order valence-electron chi connectivity index (χ1n) is 21.5. The smallest absolute Gasteiger partial charge is 0.252 e. The molecular formula is C58H31BN2. The van der Waals surface area contributed by atoms with Crippen LogP contribution in [0.3, 0.4) is 0 Å². The molecule has 16 rings (SSSR count). The van der Waals surface area contributed by atoms with Gasteiger partial charge in [-0.3, -0.25) is 0 Å². The highest BCUT2D eigenvalue weighted by molar-refractivity contribution is 7.00. The van der Waals surface area contributed by atoms with Crippen LogP contribution in [-0.4, -0.2) is 15.8 Å². The fourth-order valence-electron chi connectivity index (χ4n) is 12.4. The van der Waals surface area contributed by atoms with Crippen molar-refractivity contribution in [1.29, 1.82) is 0 Å². The summed E-state index contributed by atoms with van der Waals surface area (Å²) in [7, 11) is 0. The second kappa shape index (κ2) is 10.6. The van der Waals surface area contributed by atoms with Crippen molar-refractivity contribution in [3.05, 3.63) is 188 Å². The fraction of sp³-hybridized carbons (Fsp3) is 0. The second-order valence-electron chi connectivity index (χ2n) is 17.5. The Morgan fingerprint density at radius 1 is 0.311 bits per heavy atom. The molecule has 0 spiro atoms. The van der Waals surface area contributed by atoms with Gasteiger partial charge in [0, 0.05) is 32.9 Å². The molecule has 2 nitrogen and oxygen atoms in total. The zero-order valence-corrected chi connectivity index (χ0v) is 32.9. The lowest BCUT2D eigenvalue weighted by Gasteiger charge is -2.34. The first-order chi connectivity index (χ1) is 30.3. The Balaban J connectivity index is 1.16. The maximum Gasteiger partial charge on any atom is 0.252 e. The molecule has 0 fully saturated rings. The summed E-state index contributed by atoms with van der Waals surface area (Å²) in [5.74, 6) is 0. The van der Waals surface area contributed by atoms with E-state index in [2.05, 4.69) is 197 Å². The lowest BCUT2D eigenvalue weighted by molar-refractivity contribution is 1.14. The molecule has 3 heteroatoms. The van der Waals surface area contributed by atoms with Crippen LogP contribution in [0.1, 0.15) is 0 Å². The third-order valence-electron chi connectivity index (χ3n) is 14.7. The maximum atomic E-state index is 2.66. The summed E-state index contributed by atoms with van der Waals surface area (Å²) in [6.45, 7) is 0.0286. The Morgan fingerprint density at radius 3 is 1.70 bits per heavy atom. The number of hydrogen-bond acceptors (Lipinski definition) is 0. The highest BCUT2D eigenvalue weighted by Gasteiger charge is 2.43. The molecule has 0 bridgehead atoms. The van der Waals surface area contributed by atoms with Crippen molar-refractivity contribution in [3.63, 3.8) is 0 Å². The van der Waals surface area contributed by atoms with Crippen LogP contribution in [0.5, 0.6) is 0 Å². The molecule has 0 N–H and O–H groups in total. The van der Waals surface area contributed by atoms with E-state index in [1.165, 1.54) is 148 Å². The molecule has 0 amide bonds. The second-order valence-corrected chi connectivity index (χ2v) is 17.5. The van der Waals surface area contributed by atoms with Crippen LogP contribution in [0.2, 0.25) is 0 Å². The Bertz CT molecular complexity index is 4240. The topological polar surface area (TPSA) is 9.86 Å². The fourth-order valence-corrected chi connectivity index (χ4v) is 12.4. The van der Waals surface area contributed by atoms with Crippen LogP contribution < -0.4 is 16.4 Å². The van der Waals surface area contributed by atoms with E-state index in [4.69, 9.17) is 0 Å². The SMILES string of the molecule is c1ccc2c(c1)-c1cccc3ccc4c(c13)c1c-2ccc2c1n4-c1cc(-c3ccc4ccccc4c3)cc3c1B2c1cc2ccccc2c2c4c5ccccc5ccc4n-3c12. The van der Waals surface area contributed by atoms with E-state index in [9.17, 15) is 0 Å². The van der Waals surface area contributed by atoms with Crippen LogP contribution in [0.15, 0.2) is 188 Å². The first-order valence-corrected chi connectivity index (χ1v) is 21.5. The van der Waals surface area contributed by atoms with E-state index < -0.39 is 0 Å². The quantitative estimate of drug-likeness (QED) is 0.147. The molecule has 0 unspecified atom stereocenters. The van der Waals surface area contributed by atoms with Gasteiger partial charge in [0.15, 0.2) is 0 Å². The van der Waals surface area contributed by atoms with Gasteiger partial charge in [-0.2, -0.15) is 0 Å². The van der Waals surface area contributed by atoms with Crippen molar-refractivity contribution in [3.8, 4) is 44.8 Å². The average molecular weight is 767 g/mol. The van der Waals surface area contributed by atoms with Crippen molar-refractivity contribution < 1.29 is 0 Å². The summed E-state index contributed by atoms with van der Waals surface area (Å²) in [6, 6.07) is 71.7. The van der Waals surface area contributed by atoms with Gasteiger partial charge >= 0.3 is 0 Å². The molecule has 4 heterocycles. The molecule has 0 radical (unpaired) electrons. The minimum atomic E-state index is 0.0286. The van der Waals surface area contributed by atoms with Crippen LogP contribution in [0, 0.1) is 0 Å². The van der Waals surface area contributed by atoms with Crippen LogP contribution in [0.25, 0.3) is 131 Å². The maximum absolute atomic E-state index is 2.66. The molecule has 276 valence electrons. The largest absolute Gasteiger partial charge is 0.310 e. The number of nitrogens with zero attached hydrogens (tertiary/aromatic N) is 2. The van der Waals surface area contributed by atoms with Crippen molar-refractivity contribution in [2.75, 3.05) is 0 Å². The lowest BCUT2D eigenvalue weighted by Crippen LogP contribution is -2.59. The van der Waals surface area contributed by atoms with Gasteiger partial charge < -0.3 is 9.13 Å². The molecule has 13 aromatic rings. The van der Waals surface area contributed by atoms with E-state index >= 15 is 0 Å². The zero-order chi connectivity index (χ0) is 39.2. The van der Waals surface area contributed by atoms with E-state index in [1.54, 1.807) is 0 Å². The first kappa shape index (κ1) is 31.1. The van der Waals surface area contributed by atoms with Gasteiger partial charge in [0.25, 0.3) is 6.71 Å². The van der Waals surface area contributed by atoms with Crippen molar-refractivity contribution in [2.24, 2.45) is 0 Å².